The van der Waals surface area contributed by atoms with Gasteiger partial charge < -0.3 is 13.3 Å². The van der Waals surface area contributed by atoms with Crippen molar-refractivity contribution in [2.24, 2.45) is 11.0 Å². The second kappa shape index (κ2) is 9.95. The molecular weight excluding hydrogens is 526 g/mol. The van der Waals surface area contributed by atoms with Gasteiger partial charge in [0.15, 0.2) is 15.4 Å². The number of rotatable bonds is 7. The number of nitrogens with zero attached hydrogens (tertiary/aromatic N) is 3. The normalized spacial score (nSPS) is 20.7. The van der Waals surface area contributed by atoms with E-state index in [2.05, 4.69) is 4.98 Å². The second-order valence-corrected chi connectivity index (χ2v) is 12.4. The van der Waals surface area contributed by atoms with Crippen LogP contribution in [0.4, 0.5) is 0 Å². The van der Waals surface area contributed by atoms with E-state index in [1.54, 1.807) is 25.5 Å². The Kier molecular flexibility index (Phi) is 6.48. The van der Waals surface area contributed by atoms with Crippen LogP contribution in [0.5, 0.6) is 0 Å². The average molecular weight is 552 g/mol. The number of fused-ring (bicyclic) bond motifs is 2. The third-order valence-corrected chi connectivity index (χ3v) is 9.39. The summed E-state index contributed by atoms with van der Waals surface area (Å²) in [6.45, 7) is 1.60. The van der Waals surface area contributed by atoms with E-state index in [1.165, 1.54) is 17.1 Å². The first-order valence-corrected chi connectivity index (χ1v) is 15.0. The van der Waals surface area contributed by atoms with Crippen molar-refractivity contribution in [2.45, 2.75) is 42.3 Å². The molecule has 2 aliphatic rings. The molecule has 6 rings (SSSR count). The van der Waals surface area contributed by atoms with Crippen LogP contribution in [-0.2, 0) is 14.6 Å². The molecule has 1 fully saturated rings. The molecule has 196 valence electrons. The lowest BCUT2D eigenvalue weighted by Gasteiger charge is -2.27. The summed E-state index contributed by atoms with van der Waals surface area (Å²) < 4.78 is 41.5. The van der Waals surface area contributed by atoms with Gasteiger partial charge in [-0.05, 0) is 73.4 Å². The molecule has 0 radical (unpaired) electrons. The highest BCUT2D eigenvalue weighted by molar-refractivity contribution is 7.99. The number of sulfone groups is 1. The highest BCUT2D eigenvalue weighted by Crippen LogP contribution is 2.45. The fraction of sp³-hybridized carbons (Fsp3) is 0.296. The van der Waals surface area contributed by atoms with Gasteiger partial charge in [0, 0.05) is 5.92 Å². The maximum atomic E-state index is 13.5. The van der Waals surface area contributed by atoms with Gasteiger partial charge in [-0.1, -0.05) is 18.7 Å². The minimum Gasteiger partial charge on any atom is -0.467 e. The number of carbonyl (C=O) groups is 1. The Hall–Kier alpha value is -3.57. The molecule has 0 spiro atoms. The number of benzene rings is 1. The monoisotopic (exact) mass is 551 g/mol. The van der Waals surface area contributed by atoms with Gasteiger partial charge in [-0.3, -0.25) is 4.79 Å². The minimum atomic E-state index is -3.36. The van der Waals surface area contributed by atoms with Crippen molar-refractivity contribution in [2.75, 3.05) is 11.5 Å². The molecule has 11 heteroatoms. The van der Waals surface area contributed by atoms with Crippen molar-refractivity contribution in [1.82, 2.24) is 9.99 Å². The first-order valence-electron chi connectivity index (χ1n) is 12.4. The Morgan fingerprint density at radius 3 is 2.79 bits per heavy atom. The van der Waals surface area contributed by atoms with Gasteiger partial charge in [0.05, 0.1) is 34.6 Å². The zero-order chi connectivity index (χ0) is 26.3. The van der Waals surface area contributed by atoms with Gasteiger partial charge in [0.1, 0.15) is 23.1 Å². The van der Waals surface area contributed by atoms with Crippen LogP contribution in [0.3, 0.4) is 0 Å². The number of hydrazone groups is 1. The molecule has 0 N–H and O–H groups in total. The quantitative estimate of drug-likeness (QED) is 0.268. The number of allylic oxidation sites excluding steroid dienone is 1. The lowest BCUT2D eigenvalue weighted by atomic mass is 9.79. The number of oxazole rings is 1. The van der Waals surface area contributed by atoms with E-state index in [4.69, 9.17) is 18.4 Å². The summed E-state index contributed by atoms with van der Waals surface area (Å²) in [5.41, 5.74) is 2.85. The van der Waals surface area contributed by atoms with Crippen LogP contribution in [0, 0.1) is 5.92 Å². The molecule has 38 heavy (non-hydrogen) atoms. The van der Waals surface area contributed by atoms with Crippen LogP contribution >= 0.6 is 11.8 Å². The van der Waals surface area contributed by atoms with Gasteiger partial charge in [-0.2, -0.15) is 5.10 Å². The number of hydrogen-bond acceptors (Lipinski definition) is 9. The summed E-state index contributed by atoms with van der Waals surface area (Å²) in [7, 11) is -3.36. The predicted molar refractivity (Wildman–Crippen MR) is 142 cm³/mol. The van der Waals surface area contributed by atoms with Gasteiger partial charge in [0.2, 0.25) is 0 Å². The van der Waals surface area contributed by atoms with E-state index in [0.29, 0.717) is 16.9 Å². The van der Waals surface area contributed by atoms with Crippen molar-refractivity contribution in [3.8, 4) is 0 Å². The number of aromatic nitrogens is 1. The van der Waals surface area contributed by atoms with Crippen molar-refractivity contribution in [1.29, 1.82) is 0 Å². The largest absolute Gasteiger partial charge is 0.467 e. The molecule has 0 saturated heterocycles. The van der Waals surface area contributed by atoms with E-state index in [0.717, 1.165) is 48.1 Å². The van der Waals surface area contributed by atoms with Crippen molar-refractivity contribution in [3.05, 3.63) is 72.1 Å². The van der Waals surface area contributed by atoms with E-state index in [9.17, 15) is 13.2 Å². The summed E-state index contributed by atoms with van der Waals surface area (Å²) in [5, 5.41) is 6.63. The second-order valence-electron chi connectivity index (χ2n) is 9.17. The number of furan rings is 2. The van der Waals surface area contributed by atoms with E-state index >= 15 is 0 Å². The molecular formula is C27H25N3O6S2. The maximum absolute atomic E-state index is 13.5. The fourth-order valence-corrected chi connectivity index (χ4v) is 6.58. The van der Waals surface area contributed by atoms with E-state index < -0.39 is 9.84 Å². The first-order chi connectivity index (χ1) is 18.4. The predicted octanol–water partition coefficient (Wildman–Crippen LogP) is 5.72. The standard InChI is InChI=1S/C27H25N3O6S2/c1-2-38(32,33)19-10-11-22-21(15-19)28-27(36-22)37-16-24(31)30-26(23-9-5-13-35-23)20-8-3-6-17(25(20)29-30)14-18-7-4-12-34-18/h4-5,7,9-15,20,26H,2-3,6,8,16H2,1H3. The molecule has 1 amide bonds. The molecule has 4 aromatic rings. The number of thioether (sulfide) groups is 1. The molecule has 9 nitrogen and oxygen atoms in total. The topological polar surface area (TPSA) is 119 Å². The molecule has 1 aliphatic carbocycles. The molecule has 3 aromatic heterocycles. The number of amides is 1. The molecule has 2 atom stereocenters. The van der Waals surface area contributed by atoms with E-state index in [-0.39, 0.29) is 39.5 Å². The number of carbonyl (C=O) groups excluding carboxylic acids is 1. The van der Waals surface area contributed by atoms with Crippen LogP contribution < -0.4 is 0 Å². The average Bonchev–Trinajstić information content (AvgIpc) is 3.72. The first kappa shape index (κ1) is 24.7. The van der Waals surface area contributed by atoms with Gasteiger partial charge >= 0.3 is 0 Å². The zero-order valence-electron chi connectivity index (χ0n) is 20.6. The van der Waals surface area contributed by atoms with Gasteiger partial charge in [0.25, 0.3) is 11.1 Å². The van der Waals surface area contributed by atoms with Crippen LogP contribution in [0.1, 0.15) is 43.7 Å². The molecule has 0 bridgehead atoms. The highest BCUT2D eigenvalue weighted by Gasteiger charge is 2.45. The van der Waals surface area contributed by atoms with Crippen LogP contribution in [-0.4, -0.2) is 41.5 Å². The molecule has 4 heterocycles. The Balaban J connectivity index is 1.25. The van der Waals surface area contributed by atoms with Gasteiger partial charge in [-0.15, -0.1) is 0 Å². The Bertz CT molecular complexity index is 1630. The summed E-state index contributed by atoms with van der Waals surface area (Å²) in [4.78, 5) is 18.1. The lowest BCUT2D eigenvalue weighted by Crippen LogP contribution is -2.32. The number of hydrogen-bond donors (Lipinski definition) is 0. The summed E-state index contributed by atoms with van der Waals surface area (Å²) >= 11 is 1.15. The molecule has 1 aliphatic heterocycles. The molecule has 1 aromatic carbocycles. The van der Waals surface area contributed by atoms with Crippen molar-refractivity contribution in [3.63, 3.8) is 0 Å². The summed E-state index contributed by atoms with van der Waals surface area (Å²) in [6.07, 6.45) is 7.97. The summed E-state index contributed by atoms with van der Waals surface area (Å²) in [5.74, 6) is 1.31. The van der Waals surface area contributed by atoms with Crippen molar-refractivity contribution < 1.29 is 26.5 Å². The smallest absolute Gasteiger partial charge is 0.257 e. The highest BCUT2D eigenvalue weighted by atomic mass is 32.2. The molecule has 1 saturated carbocycles. The fourth-order valence-electron chi connectivity index (χ4n) is 4.99. The van der Waals surface area contributed by atoms with Crippen LogP contribution in [0.15, 0.2) is 89.0 Å². The van der Waals surface area contributed by atoms with Crippen molar-refractivity contribution >= 4 is 50.4 Å². The van der Waals surface area contributed by atoms with E-state index in [1.807, 2.05) is 30.3 Å². The zero-order valence-corrected chi connectivity index (χ0v) is 22.2. The third kappa shape index (κ3) is 4.60. The lowest BCUT2D eigenvalue weighted by molar-refractivity contribution is -0.131. The van der Waals surface area contributed by atoms with Crippen LogP contribution in [0.25, 0.3) is 17.2 Å². The Labute approximate surface area is 223 Å². The third-order valence-electron chi connectivity index (χ3n) is 6.85. The van der Waals surface area contributed by atoms with Gasteiger partial charge in [-0.25, -0.2) is 18.4 Å². The Morgan fingerprint density at radius 2 is 2.03 bits per heavy atom. The SMILES string of the molecule is CCS(=O)(=O)c1ccc2oc(SCC(=O)N3N=C4C(=Cc5ccco5)CCCC4C3c3ccco3)nc2c1. The molecule has 2 unspecified atom stereocenters. The van der Waals surface area contributed by atoms with Crippen LogP contribution in [0.2, 0.25) is 0 Å². The maximum Gasteiger partial charge on any atom is 0.257 e. The Morgan fingerprint density at radius 1 is 1.18 bits per heavy atom. The summed E-state index contributed by atoms with van der Waals surface area (Å²) in [6, 6.07) is 11.7. The minimum absolute atomic E-state index is 0.00104.